The van der Waals surface area contributed by atoms with Crippen LogP contribution in [0.15, 0.2) is 218 Å². The molecule has 2 heterocycles. The molecular formula is C61H42N2S. The molecule has 0 bridgehead atoms. The van der Waals surface area contributed by atoms with Crippen LogP contribution in [-0.4, -0.2) is 9.97 Å². The Morgan fingerprint density at radius 3 is 1.69 bits per heavy atom. The first-order valence-electron chi connectivity index (χ1n) is 22.0. The predicted octanol–water partition coefficient (Wildman–Crippen LogP) is 16.8. The molecule has 9 aromatic carbocycles. The smallest absolute Gasteiger partial charge is 0.160 e. The quantitative estimate of drug-likeness (QED) is 0.160. The van der Waals surface area contributed by atoms with E-state index >= 15 is 0 Å². The van der Waals surface area contributed by atoms with E-state index in [1.165, 1.54) is 70.2 Å². The maximum absolute atomic E-state index is 5.43. The molecule has 2 aromatic heterocycles. The Bertz CT molecular complexity index is 3580. The van der Waals surface area contributed by atoms with E-state index in [0.29, 0.717) is 5.82 Å². The minimum atomic E-state index is -0.109. The molecule has 12 rings (SSSR count). The van der Waals surface area contributed by atoms with Crippen LogP contribution in [0.1, 0.15) is 25.0 Å². The first-order chi connectivity index (χ1) is 31.5. The normalized spacial score (nSPS) is 12.7. The van der Waals surface area contributed by atoms with Crippen LogP contribution in [0.2, 0.25) is 0 Å². The van der Waals surface area contributed by atoms with Crippen LogP contribution in [0.4, 0.5) is 0 Å². The Labute approximate surface area is 377 Å². The van der Waals surface area contributed by atoms with Crippen molar-refractivity contribution in [2.24, 2.45) is 0 Å². The number of benzene rings is 9. The van der Waals surface area contributed by atoms with Gasteiger partial charge in [0.05, 0.1) is 11.4 Å². The first kappa shape index (κ1) is 38.0. The second-order valence-electron chi connectivity index (χ2n) is 17.3. The number of hydrogen-bond donors (Lipinski definition) is 0. The molecule has 302 valence electrons. The van der Waals surface area contributed by atoms with Gasteiger partial charge >= 0.3 is 0 Å². The first-order valence-corrected chi connectivity index (χ1v) is 22.8. The SMILES string of the molecule is CC1(C)c2ccccc2-c2c(-c3ccccc3-c3cc(-c4cc(-c5ccc6sc7ccccc7c6c5)cc(-c5ccccc5-c5ccccc5)c4)nc(-c4ccccc4)n3)cccc21. The highest BCUT2D eigenvalue weighted by atomic mass is 32.1. The van der Waals surface area contributed by atoms with Crippen LogP contribution in [0.25, 0.3) is 110 Å². The zero-order valence-electron chi connectivity index (χ0n) is 35.6. The fourth-order valence-corrected chi connectivity index (χ4v) is 11.1. The second-order valence-corrected chi connectivity index (χ2v) is 18.4. The summed E-state index contributed by atoms with van der Waals surface area (Å²) >= 11 is 1.85. The van der Waals surface area contributed by atoms with Gasteiger partial charge < -0.3 is 0 Å². The predicted molar refractivity (Wildman–Crippen MR) is 271 cm³/mol. The number of thiophene rings is 1. The highest BCUT2D eigenvalue weighted by molar-refractivity contribution is 7.25. The van der Waals surface area contributed by atoms with Gasteiger partial charge in [0.2, 0.25) is 0 Å². The van der Waals surface area contributed by atoms with Crippen LogP contribution in [0, 0.1) is 0 Å². The summed E-state index contributed by atoms with van der Waals surface area (Å²) in [6.45, 7) is 4.69. The molecule has 64 heavy (non-hydrogen) atoms. The van der Waals surface area contributed by atoms with Crippen molar-refractivity contribution in [2.75, 3.05) is 0 Å². The lowest BCUT2D eigenvalue weighted by Crippen LogP contribution is -2.14. The van der Waals surface area contributed by atoms with E-state index in [-0.39, 0.29) is 5.41 Å². The molecule has 1 aliphatic rings. The summed E-state index contributed by atoms with van der Waals surface area (Å²) in [6, 6.07) is 79.2. The van der Waals surface area contributed by atoms with Gasteiger partial charge in [-0.05, 0) is 109 Å². The van der Waals surface area contributed by atoms with Gasteiger partial charge in [0.15, 0.2) is 5.82 Å². The Morgan fingerprint density at radius 1 is 0.328 bits per heavy atom. The molecule has 2 nitrogen and oxygen atoms in total. The van der Waals surface area contributed by atoms with Gasteiger partial charge in [0.25, 0.3) is 0 Å². The van der Waals surface area contributed by atoms with Gasteiger partial charge in [-0.3, -0.25) is 0 Å². The Hall–Kier alpha value is -7.72. The summed E-state index contributed by atoms with van der Waals surface area (Å²) in [5.74, 6) is 0.690. The van der Waals surface area contributed by atoms with Crippen LogP contribution in [0.3, 0.4) is 0 Å². The number of nitrogens with zero attached hydrogens (tertiary/aromatic N) is 2. The standard InChI is InChI=1S/C61H42N2S/c1-61(2)53-29-15-13-27-51(53)59-50(28-17-30-54(59)61)47-24-11-12-25-48(47)56-38-55(62-60(63-56)40-20-7-4-8-21-40)44-35-42(41-32-33-58-52(37-41)49-26-14-16-31-57(49)64-58)34-43(36-44)46-23-10-9-22-45(46)39-18-5-3-6-19-39/h3-38H,1-2H3. The largest absolute Gasteiger partial charge is 0.228 e. The average molecular weight is 835 g/mol. The van der Waals surface area contributed by atoms with E-state index in [1.807, 2.05) is 17.4 Å². The molecule has 0 radical (unpaired) electrons. The van der Waals surface area contributed by atoms with Crippen molar-refractivity contribution >= 4 is 31.5 Å². The monoisotopic (exact) mass is 834 g/mol. The Kier molecular flexibility index (Phi) is 9.06. The van der Waals surface area contributed by atoms with E-state index in [4.69, 9.17) is 9.97 Å². The van der Waals surface area contributed by atoms with E-state index < -0.39 is 0 Å². The molecule has 0 saturated carbocycles. The fourth-order valence-electron chi connectivity index (χ4n) is 9.98. The third kappa shape index (κ3) is 6.39. The van der Waals surface area contributed by atoms with Crippen LogP contribution < -0.4 is 0 Å². The Balaban J connectivity index is 1.09. The zero-order valence-corrected chi connectivity index (χ0v) is 36.4. The van der Waals surface area contributed by atoms with Gasteiger partial charge in [-0.25, -0.2) is 9.97 Å². The van der Waals surface area contributed by atoms with Gasteiger partial charge in [0.1, 0.15) is 0 Å². The lowest BCUT2D eigenvalue weighted by molar-refractivity contribution is 0.660. The van der Waals surface area contributed by atoms with Gasteiger partial charge in [-0.2, -0.15) is 0 Å². The van der Waals surface area contributed by atoms with Crippen molar-refractivity contribution < 1.29 is 0 Å². The van der Waals surface area contributed by atoms with Crippen molar-refractivity contribution in [3.63, 3.8) is 0 Å². The summed E-state index contributed by atoms with van der Waals surface area (Å²) in [5, 5.41) is 2.57. The topological polar surface area (TPSA) is 25.8 Å². The van der Waals surface area contributed by atoms with Gasteiger partial charge in [0, 0.05) is 42.3 Å². The molecular weight excluding hydrogens is 793 g/mol. The summed E-state index contributed by atoms with van der Waals surface area (Å²) in [5.41, 5.74) is 19.4. The molecule has 3 heteroatoms. The Morgan fingerprint density at radius 2 is 0.891 bits per heavy atom. The molecule has 0 N–H and O–H groups in total. The van der Waals surface area contributed by atoms with E-state index in [9.17, 15) is 0 Å². The molecule has 0 saturated heterocycles. The number of fused-ring (bicyclic) bond motifs is 6. The van der Waals surface area contributed by atoms with Crippen LogP contribution in [0.5, 0.6) is 0 Å². The molecule has 11 aromatic rings. The summed E-state index contributed by atoms with van der Waals surface area (Å²) in [6.07, 6.45) is 0. The molecule has 1 aliphatic carbocycles. The van der Waals surface area contributed by atoms with Gasteiger partial charge in [-0.1, -0.05) is 190 Å². The third-order valence-electron chi connectivity index (χ3n) is 13.1. The maximum atomic E-state index is 5.43. The molecule has 0 unspecified atom stereocenters. The van der Waals surface area contributed by atoms with Crippen molar-refractivity contribution in [3.8, 4) is 89.5 Å². The summed E-state index contributed by atoms with van der Waals surface area (Å²) in [4.78, 5) is 10.8. The number of aromatic nitrogens is 2. The number of rotatable bonds is 7. The molecule has 0 amide bonds. The zero-order chi connectivity index (χ0) is 42.8. The minimum Gasteiger partial charge on any atom is -0.228 e. The highest BCUT2D eigenvalue weighted by Crippen LogP contribution is 2.53. The van der Waals surface area contributed by atoms with Gasteiger partial charge in [-0.15, -0.1) is 11.3 Å². The molecule has 0 spiro atoms. The highest BCUT2D eigenvalue weighted by Gasteiger charge is 2.36. The lowest BCUT2D eigenvalue weighted by Gasteiger charge is -2.22. The third-order valence-corrected chi connectivity index (χ3v) is 14.3. The van der Waals surface area contributed by atoms with Crippen molar-refractivity contribution in [1.82, 2.24) is 9.97 Å². The summed E-state index contributed by atoms with van der Waals surface area (Å²) < 4.78 is 2.59. The molecule has 0 fully saturated rings. The average Bonchev–Trinajstić information content (AvgIpc) is 3.85. The second kappa shape index (κ2) is 15.3. The van der Waals surface area contributed by atoms with Crippen LogP contribution >= 0.6 is 11.3 Å². The van der Waals surface area contributed by atoms with E-state index in [0.717, 1.165) is 44.8 Å². The van der Waals surface area contributed by atoms with Crippen molar-refractivity contribution in [2.45, 2.75) is 19.3 Å². The summed E-state index contributed by atoms with van der Waals surface area (Å²) in [7, 11) is 0. The maximum Gasteiger partial charge on any atom is 0.160 e. The van der Waals surface area contributed by atoms with E-state index in [1.54, 1.807) is 0 Å². The van der Waals surface area contributed by atoms with Crippen molar-refractivity contribution in [3.05, 3.63) is 230 Å². The number of hydrogen-bond acceptors (Lipinski definition) is 3. The van der Waals surface area contributed by atoms with Crippen molar-refractivity contribution in [1.29, 1.82) is 0 Å². The van der Waals surface area contributed by atoms with Crippen LogP contribution in [-0.2, 0) is 5.41 Å². The molecule has 0 atom stereocenters. The lowest BCUT2D eigenvalue weighted by atomic mass is 9.81. The van der Waals surface area contributed by atoms with E-state index in [2.05, 4.69) is 226 Å². The fraction of sp³-hybridized carbons (Fsp3) is 0.0492. The minimum absolute atomic E-state index is 0.109. The molecule has 0 aliphatic heterocycles.